The van der Waals surface area contributed by atoms with Crippen molar-refractivity contribution in [2.24, 2.45) is 0 Å². The second-order valence-electron chi connectivity index (χ2n) is 10.2. The van der Waals surface area contributed by atoms with Crippen LogP contribution in [-0.4, -0.2) is 0 Å². The molecule has 0 heterocycles. The smallest absolute Gasteiger partial charge is 0.0479 e. The Labute approximate surface area is 219 Å². The van der Waals surface area contributed by atoms with Gasteiger partial charge in [0.1, 0.15) is 0 Å². The van der Waals surface area contributed by atoms with E-state index in [1.807, 2.05) is 6.07 Å². The first-order chi connectivity index (χ1) is 18.7. The van der Waals surface area contributed by atoms with E-state index in [1.165, 1.54) is 53.9 Å². The van der Waals surface area contributed by atoms with Crippen LogP contribution in [0.15, 0.2) is 121 Å². The number of rotatable bonds is 1. The summed E-state index contributed by atoms with van der Waals surface area (Å²) in [6, 6.07) is 43.1. The SMILES string of the molecule is Nc1ccc2c3ccccc3c3ccc(-c4ccc5c6ccccc6c6ccccc6c5c4N)cc3c2c1. The number of nitrogen functional groups attached to an aromatic ring is 2. The maximum atomic E-state index is 7.06. The minimum atomic E-state index is 0.767. The summed E-state index contributed by atoms with van der Waals surface area (Å²) < 4.78 is 0. The van der Waals surface area contributed by atoms with Gasteiger partial charge in [-0.1, -0.05) is 103 Å². The highest BCUT2D eigenvalue weighted by Crippen LogP contribution is 2.43. The van der Waals surface area contributed by atoms with E-state index in [4.69, 9.17) is 11.5 Å². The lowest BCUT2D eigenvalue weighted by atomic mass is 9.89. The number of nitrogens with two attached hydrogens (primary N) is 2. The summed E-state index contributed by atoms with van der Waals surface area (Å²) in [7, 11) is 0. The minimum Gasteiger partial charge on any atom is -0.399 e. The van der Waals surface area contributed by atoms with Gasteiger partial charge < -0.3 is 11.5 Å². The van der Waals surface area contributed by atoms with Crippen molar-refractivity contribution in [2.45, 2.75) is 0 Å². The molecular formula is C36H24N2. The average molecular weight is 485 g/mol. The van der Waals surface area contributed by atoms with Gasteiger partial charge in [0.2, 0.25) is 0 Å². The molecule has 0 aliphatic rings. The highest BCUT2D eigenvalue weighted by molar-refractivity contribution is 6.30. The molecule has 8 aromatic carbocycles. The monoisotopic (exact) mass is 484 g/mol. The zero-order chi connectivity index (χ0) is 25.4. The van der Waals surface area contributed by atoms with Gasteiger partial charge in [-0.15, -0.1) is 0 Å². The van der Waals surface area contributed by atoms with Gasteiger partial charge in [-0.2, -0.15) is 0 Å². The van der Waals surface area contributed by atoms with Gasteiger partial charge in [0.25, 0.3) is 0 Å². The van der Waals surface area contributed by atoms with Crippen molar-refractivity contribution in [2.75, 3.05) is 11.5 Å². The largest absolute Gasteiger partial charge is 0.399 e. The molecule has 0 radical (unpaired) electrons. The maximum absolute atomic E-state index is 7.06. The molecule has 0 fully saturated rings. The van der Waals surface area contributed by atoms with Crippen LogP contribution < -0.4 is 11.5 Å². The molecular weight excluding hydrogens is 460 g/mol. The summed E-state index contributed by atoms with van der Waals surface area (Å²) in [5, 5.41) is 14.5. The zero-order valence-corrected chi connectivity index (χ0v) is 20.7. The summed E-state index contributed by atoms with van der Waals surface area (Å²) in [4.78, 5) is 0. The van der Waals surface area contributed by atoms with Crippen molar-refractivity contribution in [3.63, 3.8) is 0 Å². The predicted octanol–water partition coefficient (Wildman–Crippen LogP) is 9.44. The van der Waals surface area contributed by atoms with E-state index in [2.05, 4.69) is 115 Å². The van der Waals surface area contributed by atoms with E-state index in [0.29, 0.717) is 0 Å². The van der Waals surface area contributed by atoms with Crippen LogP contribution in [0.4, 0.5) is 11.4 Å². The summed E-state index contributed by atoms with van der Waals surface area (Å²) in [6.45, 7) is 0. The fraction of sp³-hybridized carbons (Fsp3) is 0. The standard InChI is InChI=1S/C36H24N2/c37-22-14-16-30-25-8-2-1-7-24(25)29-15-13-21(19-33(29)34(30)20-22)23-17-18-32-28-11-4-3-9-26(28)27-10-5-6-12-31(27)35(32)36(23)38/h1-20H,37-38H2. The second-order valence-corrected chi connectivity index (χ2v) is 10.2. The predicted molar refractivity (Wildman–Crippen MR) is 166 cm³/mol. The molecule has 2 heteroatoms. The van der Waals surface area contributed by atoms with Crippen molar-refractivity contribution in [1.82, 2.24) is 0 Å². The minimum absolute atomic E-state index is 0.767. The molecule has 38 heavy (non-hydrogen) atoms. The van der Waals surface area contributed by atoms with Gasteiger partial charge in [-0.3, -0.25) is 0 Å². The Morgan fingerprint density at radius 3 is 1.37 bits per heavy atom. The van der Waals surface area contributed by atoms with Crippen molar-refractivity contribution in [1.29, 1.82) is 0 Å². The number of benzene rings is 8. The summed E-state index contributed by atoms with van der Waals surface area (Å²) >= 11 is 0. The Morgan fingerprint density at radius 1 is 0.342 bits per heavy atom. The third kappa shape index (κ3) is 2.83. The number of hydrogen-bond acceptors (Lipinski definition) is 2. The molecule has 8 aromatic rings. The molecule has 178 valence electrons. The van der Waals surface area contributed by atoms with Crippen LogP contribution in [0.2, 0.25) is 0 Å². The third-order valence-corrected chi connectivity index (χ3v) is 8.12. The van der Waals surface area contributed by atoms with Crippen LogP contribution >= 0.6 is 0 Å². The van der Waals surface area contributed by atoms with Crippen molar-refractivity contribution >= 4 is 76.0 Å². The molecule has 0 bridgehead atoms. The normalized spacial score (nSPS) is 11.9. The highest BCUT2D eigenvalue weighted by atomic mass is 14.6. The van der Waals surface area contributed by atoms with Crippen LogP contribution in [0.25, 0.3) is 75.8 Å². The molecule has 0 saturated heterocycles. The molecule has 0 aliphatic heterocycles. The van der Waals surface area contributed by atoms with E-state index < -0.39 is 0 Å². The van der Waals surface area contributed by atoms with Gasteiger partial charge in [-0.05, 0) is 83.0 Å². The Morgan fingerprint density at radius 2 is 0.763 bits per heavy atom. The molecule has 2 nitrogen and oxygen atoms in total. The molecule has 0 spiro atoms. The van der Waals surface area contributed by atoms with E-state index in [0.717, 1.165) is 33.3 Å². The van der Waals surface area contributed by atoms with Gasteiger partial charge in [0.05, 0.1) is 0 Å². The van der Waals surface area contributed by atoms with Gasteiger partial charge >= 0.3 is 0 Å². The molecule has 0 aliphatic carbocycles. The van der Waals surface area contributed by atoms with E-state index in [9.17, 15) is 0 Å². The molecule has 0 atom stereocenters. The molecule has 8 rings (SSSR count). The fourth-order valence-corrected chi connectivity index (χ4v) is 6.42. The van der Waals surface area contributed by atoms with Crippen LogP contribution in [0, 0.1) is 0 Å². The first kappa shape index (κ1) is 21.0. The van der Waals surface area contributed by atoms with E-state index >= 15 is 0 Å². The lowest BCUT2D eigenvalue weighted by Crippen LogP contribution is -1.94. The number of anilines is 2. The Balaban J connectivity index is 1.49. The maximum Gasteiger partial charge on any atom is 0.0479 e. The second kappa shape index (κ2) is 7.71. The summed E-state index contributed by atoms with van der Waals surface area (Å²) in [5.41, 5.74) is 17.1. The zero-order valence-electron chi connectivity index (χ0n) is 20.7. The van der Waals surface area contributed by atoms with Crippen LogP contribution in [0.5, 0.6) is 0 Å². The van der Waals surface area contributed by atoms with Crippen LogP contribution in [0.1, 0.15) is 0 Å². The molecule has 0 aromatic heterocycles. The van der Waals surface area contributed by atoms with E-state index in [-0.39, 0.29) is 0 Å². The van der Waals surface area contributed by atoms with Crippen molar-refractivity contribution < 1.29 is 0 Å². The Hall–Kier alpha value is -5.08. The first-order valence-corrected chi connectivity index (χ1v) is 12.9. The fourth-order valence-electron chi connectivity index (χ4n) is 6.42. The van der Waals surface area contributed by atoms with Crippen LogP contribution in [0.3, 0.4) is 0 Å². The van der Waals surface area contributed by atoms with Crippen molar-refractivity contribution in [3.8, 4) is 11.1 Å². The van der Waals surface area contributed by atoms with Gasteiger partial charge in [0, 0.05) is 22.3 Å². The molecule has 0 unspecified atom stereocenters. The topological polar surface area (TPSA) is 52.0 Å². The highest BCUT2D eigenvalue weighted by Gasteiger charge is 2.15. The Bertz CT molecular complexity index is 2220. The number of fused-ring (bicyclic) bond motifs is 12. The van der Waals surface area contributed by atoms with Gasteiger partial charge in [0.15, 0.2) is 0 Å². The van der Waals surface area contributed by atoms with E-state index in [1.54, 1.807) is 0 Å². The molecule has 4 N–H and O–H groups in total. The first-order valence-electron chi connectivity index (χ1n) is 12.9. The average Bonchev–Trinajstić information content (AvgIpc) is 2.97. The lowest BCUT2D eigenvalue weighted by Gasteiger charge is -2.16. The van der Waals surface area contributed by atoms with Crippen molar-refractivity contribution in [3.05, 3.63) is 121 Å². The summed E-state index contributed by atoms with van der Waals surface area (Å²) in [6.07, 6.45) is 0. The number of hydrogen-bond donors (Lipinski definition) is 2. The third-order valence-electron chi connectivity index (χ3n) is 8.12. The quantitative estimate of drug-likeness (QED) is 0.180. The summed E-state index contributed by atoms with van der Waals surface area (Å²) in [5.74, 6) is 0. The Kier molecular flexibility index (Phi) is 4.27. The lowest BCUT2D eigenvalue weighted by molar-refractivity contribution is 1.68. The van der Waals surface area contributed by atoms with Gasteiger partial charge in [-0.25, -0.2) is 0 Å². The molecule has 0 amide bonds. The molecule has 0 saturated carbocycles. The van der Waals surface area contributed by atoms with Crippen LogP contribution in [-0.2, 0) is 0 Å².